The van der Waals surface area contributed by atoms with E-state index in [9.17, 15) is 42.1 Å². The molecule has 0 radical (unpaired) electrons. The molecule has 1 saturated heterocycles. The Kier molecular flexibility index (Phi) is 23.4. The number of benzene rings is 1. The zero-order valence-corrected chi connectivity index (χ0v) is 30.8. The van der Waals surface area contributed by atoms with Crippen molar-refractivity contribution in [3.8, 4) is 5.75 Å². The summed E-state index contributed by atoms with van der Waals surface area (Å²) in [5.74, 6) is -14.2. The predicted molar refractivity (Wildman–Crippen MR) is 179 cm³/mol. The lowest BCUT2D eigenvalue weighted by molar-refractivity contribution is -0.256. The highest BCUT2D eigenvalue weighted by atomic mass is 19.2. The summed E-state index contributed by atoms with van der Waals surface area (Å²) >= 11 is 0. The highest BCUT2D eigenvalue weighted by Crippen LogP contribution is 2.29. The van der Waals surface area contributed by atoms with Gasteiger partial charge >= 0.3 is 5.97 Å². The zero-order chi connectivity index (χ0) is 40.5. The summed E-state index contributed by atoms with van der Waals surface area (Å²) in [7, 11) is 0. The molecule has 3 rings (SSSR count). The molecule has 2 heterocycles. The van der Waals surface area contributed by atoms with Gasteiger partial charge in [-0.2, -0.15) is 8.78 Å². The van der Waals surface area contributed by atoms with Crippen LogP contribution >= 0.6 is 0 Å². The monoisotopic (exact) mass is 819 g/mol. The zero-order valence-electron chi connectivity index (χ0n) is 30.8. The fraction of sp³-hybridized carbons (Fsp3) is 0.735. The van der Waals surface area contributed by atoms with E-state index in [2.05, 4.69) is 15.0 Å². The second-order valence-corrected chi connectivity index (χ2v) is 11.9. The lowest BCUT2D eigenvalue weighted by Crippen LogP contribution is -2.50. The number of hydrogen-bond donors (Lipinski definition) is 3. The van der Waals surface area contributed by atoms with Crippen molar-refractivity contribution in [3.05, 3.63) is 41.0 Å². The van der Waals surface area contributed by atoms with Gasteiger partial charge in [0.15, 0.2) is 6.29 Å². The van der Waals surface area contributed by atoms with Crippen LogP contribution in [0.3, 0.4) is 0 Å². The fourth-order valence-corrected chi connectivity index (χ4v) is 4.75. The smallest absolute Gasteiger partial charge is 0.313 e. The summed E-state index contributed by atoms with van der Waals surface area (Å²) in [4.78, 5) is 11.7. The van der Waals surface area contributed by atoms with Gasteiger partial charge in [-0.1, -0.05) is 5.21 Å². The van der Waals surface area contributed by atoms with Crippen molar-refractivity contribution in [2.45, 2.75) is 56.8 Å². The maximum Gasteiger partial charge on any atom is 0.313 e. The SMILES string of the molecule is O=C(CCOCCOCCCOCCOCCOCCOCCOCCn1cc(CCO[C@H]2C[C@@H](O)[C@@H](O)[C@@H](CO)O2)nn1)Oc1c(F)c(F)c(F)c(F)c1F. The molecule has 0 unspecified atom stereocenters. The van der Waals surface area contributed by atoms with E-state index in [0.717, 1.165) is 0 Å². The van der Waals surface area contributed by atoms with Crippen molar-refractivity contribution >= 4 is 5.97 Å². The van der Waals surface area contributed by atoms with Gasteiger partial charge in [-0.05, 0) is 6.42 Å². The van der Waals surface area contributed by atoms with Gasteiger partial charge in [0.05, 0.1) is 117 Å². The number of ether oxygens (including phenoxy) is 10. The first kappa shape index (κ1) is 47.4. The minimum absolute atomic E-state index is 0.0926. The highest BCUT2D eigenvalue weighted by Gasteiger charge is 2.36. The number of aliphatic hydroxyl groups is 3. The Labute approximate surface area is 319 Å². The lowest BCUT2D eigenvalue weighted by atomic mass is 10.0. The third-order valence-electron chi connectivity index (χ3n) is 7.70. The van der Waals surface area contributed by atoms with Crippen LogP contribution in [-0.4, -0.2) is 167 Å². The summed E-state index contributed by atoms with van der Waals surface area (Å²) in [6.07, 6.45) is -1.32. The quantitative estimate of drug-likeness (QED) is 0.0242. The van der Waals surface area contributed by atoms with Gasteiger partial charge in [-0.25, -0.2) is 17.9 Å². The predicted octanol–water partition coefficient (Wildman–Crippen LogP) is 0.864. The van der Waals surface area contributed by atoms with Gasteiger partial charge < -0.3 is 62.7 Å². The Balaban J connectivity index is 1.00. The highest BCUT2D eigenvalue weighted by molar-refractivity contribution is 5.72. The molecule has 1 aliphatic rings. The maximum atomic E-state index is 13.6. The Hall–Kier alpha value is -3.00. The van der Waals surface area contributed by atoms with Crippen LogP contribution in [0.1, 0.15) is 25.0 Å². The molecule has 0 amide bonds. The van der Waals surface area contributed by atoms with Crippen LogP contribution in [0.15, 0.2) is 6.20 Å². The van der Waals surface area contributed by atoms with Gasteiger partial charge in [-0.3, -0.25) is 4.79 Å². The average Bonchev–Trinajstić information content (AvgIpc) is 3.65. The Morgan fingerprint density at radius 2 is 1.21 bits per heavy atom. The molecule has 4 atom stereocenters. The molecule has 17 nitrogen and oxygen atoms in total. The molecule has 22 heteroatoms. The second-order valence-electron chi connectivity index (χ2n) is 11.9. The number of carbonyl (C=O) groups excluding carboxylic acids is 1. The minimum atomic E-state index is -2.35. The third kappa shape index (κ3) is 17.6. The third-order valence-corrected chi connectivity index (χ3v) is 7.70. The molecule has 1 aliphatic heterocycles. The van der Waals surface area contributed by atoms with Gasteiger partial charge in [0.1, 0.15) is 12.2 Å². The normalized spacial score (nSPS) is 18.5. The number of halogens is 5. The summed E-state index contributed by atoms with van der Waals surface area (Å²) in [6, 6.07) is 0. The van der Waals surface area contributed by atoms with Crippen LogP contribution in [-0.2, 0) is 60.4 Å². The van der Waals surface area contributed by atoms with Crippen molar-refractivity contribution in [1.82, 2.24) is 15.0 Å². The van der Waals surface area contributed by atoms with E-state index in [1.54, 1.807) is 10.9 Å². The first-order chi connectivity index (χ1) is 27.1. The molecule has 0 aliphatic carbocycles. The first-order valence-corrected chi connectivity index (χ1v) is 18.0. The number of rotatable bonds is 31. The number of carbonyl (C=O) groups is 1. The molecule has 320 valence electrons. The Morgan fingerprint density at radius 3 is 1.77 bits per heavy atom. The van der Waals surface area contributed by atoms with Gasteiger partial charge in [0.25, 0.3) is 0 Å². The number of hydrogen-bond acceptors (Lipinski definition) is 16. The molecule has 0 saturated carbocycles. The van der Waals surface area contributed by atoms with E-state index in [1.807, 2.05) is 0 Å². The Bertz CT molecular complexity index is 1370. The van der Waals surface area contributed by atoms with E-state index >= 15 is 0 Å². The molecule has 0 bridgehead atoms. The van der Waals surface area contributed by atoms with Crippen molar-refractivity contribution in [2.75, 3.05) is 106 Å². The van der Waals surface area contributed by atoms with Crippen molar-refractivity contribution < 1.29 is 89.4 Å². The van der Waals surface area contributed by atoms with Crippen molar-refractivity contribution in [3.63, 3.8) is 0 Å². The van der Waals surface area contributed by atoms with E-state index in [-0.39, 0.29) is 32.8 Å². The second kappa shape index (κ2) is 27.6. The van der Waals surface area contributed by atoms with E-state index in [4.69, 9.17) is 42.6 Å². The van der Waals surface area contributed by atoms with Crippen molar-refractivity contribution in [2.24, 2.45) is 0 Å². The number of nitrogens with zero attached hydrogens (tertiary/aromatic N) is 3. The summed E-state index contributed by atoms with van der Waals surface area (Å²) in [6.45, 7) is 4.87. The molecule has 2 aromatic rings. The largest absolute Gasteiger partial charge is 0.420 e. The first-order valence-electron chi connectivity index (χ1n) is 18.0. The average molecular weight is 820 g/mol. The van der Waals surface area contributed by atoms with Gasteiger partial charge in [0, 0.05) is 32.3 Å². The molecule has 3 N–H and O–H groups in total. The van der Waals surface area contributed by atoms with Crippen LogP contribution in [0.5, 0.6) is 5.75 Å². The fourth-order valence-electron chi connectivity index (χ4n) is 4.75. The molecule has 56 heavy (non-hydrogen) atoms. The Morgan fingerprint density at radius 1 is 0.714 bits per heavy atom. The van der Waals surface area contributed by atoms with Crippen LogP contribution in [0.25, 0.3) is 0 Å². The standard InChI is InChI=1S/C34H50F5N3O14/c35-28-29(36)31(38)34(32(39)30(28)37)56-26(45)3-7-49-12-10-47-5-1-6-48-11-14-51-16-18-53-19-17-52-15-13-50-9-4-42-21-23(40-41-42)2-8-54-27-20-24(44)33(46)25(22-43)55-27/h21,24-25,27,33,43-44,46H,1-20,22H2/t24-,25-,27-,33-/m1/s1. The molecule has 1 aromatic heterocycles. The molecule has 0 spiro atoms. The maximum absolute atomic E-state index is 13.6. The molecule has 1 fully saturated rings. The molecular weight excluding hydrogens is 769 g/mol. The molecule has 1 aromatic carbocycles. The molecular formula is C34H50F5N3O14. The van der Waals surface area contributed by atoms with Crippen molar-refractivity contribution in [1.29, 1.82) is 0 Å². The van der Waals surface area contributed by atoms with Crippen LogP contribution in [0.2, 0.25) is 0 Å². The van der Waals surface area contributed by atoms with Crippen LogP contribution in [0.4, 0.5) is 22.0 Å². The summed E-state index contributed by atoms with van der Waals surface area (Å²) < 4.78 is 121. The lowest BCUT2D eigenvalue weighted by Gasteiger charge is -2.35. The summed E-state index contributed by atoms with van der Waals surface area (Å²) in [5, 5.41) is 37.0. The minimum Gasteiger partial charge on any atom is -0.420 e. The number of aliphatic hydroxyl groups excluding tert-OH is 3. The van der Waals surface area contributed by atoms with Gasteiger partial charge in [-0.15, -0.1) is 5.10 Å². The van der Waals surface area contributed by atoms with Crippen LogP contribution < -0.4 is 4.74 Å². The number of esters is 1. The van der Waals surface area contributed by atoms with E-state index in [0.29, 0.717) is 97.8 Å². The van der Waals surface area contributed by atoms with E-state index < -0.39 is 78.4 Å². The van der Waals surface area contributed by atoms with Crippen LogP contribution in [0, 0.1) is 29.1 Å². The summed E-state index contributed by atoms with van der Waals surface area (Å²) in [5.41, 5.74) is 0.711. The van der Waals surface area contributed by atoms with E-state index in [1.165, 1.54) is 0 Å². The topological polar surface area (TPSA) is 201 Å². The number of aromatic nitrogens is 3. The van der Waals surface area contributed by atoms with Gasteiger partial charge in [0.2, 0.25) is 34.8 Å².